The molecule has 0 unspecified atom stereocenters. The first-order chi connectivity index (χ1) is 12.1. The van der Waals surface area contributed by atoms with E-state index < -0.39 is 11.9 Å². The minimum atomic E-state index is -0.498. The Labute approximate surface area is 148 Å². The van der Waals surface area contributed by atoms with Gasteiger partial charge in [0.25, 0.3) is 5.91 Å². The molecule has 0 bridgehead atoms. The molecule has 1 aromatic carbocycles. The molecule has 0 fully saturated rings. The maximum Gasteiger partial charge on any atom is 0.340 e. The number of thiophene rings is 1. The molecule has 0 aliphatic rings. The predicted octanol–water partition coefficient (Wildman–Crippen LogP) is 3.67. The van der Waals surface area contributed by atoms with Crippen LogP contribution in [0.3, 0.4) is 0 Å². The number of ether oxygens (including phenoxy) is 1. The van der Waals surface area contributed by atoms with Gasteiger partial charge in [-0.15, -0.1) is 11.3 Å². The number of rotatable bonds is 5. The van der Waals surface area contributed by atoms with Gasteiger partial charge in [-0.05, 0) is 18.6 Å². The number of aryl methyl sites for hydroxylation is 1. The summed E-state index contributed by atoms with van der Waals surface area (Å²) in [7, 11) is 1.31. The molecule has 25 heavy (non-hydrogen) atoms. The number of anilines is 1. The number of methoxy groups -OCH3 is 1. The van der Waals surface area contributed by atoms with Gasteiger partial charge < -0.3 is 14.6 Å². The smallest absolute Gasteiger partial charge is 0.340 e. The molecular formula is C18H16N2O4S. The predicted molar refractivity (Wildman–Crippen MR) is 94.1 cm³/mol. The third kappa shape index (κ3) is 3.95. The SMILES string of the molecule is COC(=O)c1cc(Cc2ccccc2)sc1NC(=O)c1cc(C)on1. The summed E-state index contributed by atoms with van der Waals surface area (Å²) in [4.78, 5) is 25.2. The normalized spacial score (nSPS) is 10.5. The van der Waals surface area contributed by atoms with Crippen molar-refractivity contribution in [3.63, 3.8) is 0 Å². The van der Waals surface area contributed by atoms with Gasteiger partial charge in [0.1, 0.15) is 10.8 Å². The second-order valence-electron chi connectivity index (χ2n) is 5.39. The number of amides is 1. The van der Waals surface area contributed by atoms with Crippen molar-refractivity contribution >= 4 is 28.2 Å². The molecular weight excluding hydrogens is 340 g/mol. The van der Waals surface area contributed by atoms with Crippen LogP contribution in [0.25, 0.3) is 0 Å². The van der Waals surface area contributed by atoms with Crippen molar-refractivity contribution in [3.05, 3.63) is 69.9 Å². The van der Waals surface area contributed by atoms with E-state index in [1.165, 1.54) is 24.5 Å². The molecule has 1 amide bonds. The van der Waals surface area contributed by atoms with Crippen LogP contribution in [0.4, 0.5) is 5.00 Å². The Morgan fingerprint density at radius 2 is 2.00 bits per heavy atom. The number of carbonyl (C=O) groups is 2. The summed E-state index contributed by atoms with van der Waals surface area (Å²) in [5.74, 6) is -0.397. The molecule has 0 atom stereocenters. The van der Waals surface area contributed by atoms with Gasteiger partial charge in [0.15, 0.2) is 5.69 Å². The molecule has 2 heterocycles. The van der Waals surface area contributed by atoms with Crippen LogP contribution < -0.4 is 5.32 Å². The third-order valence-corrected chi connectivity index (χ3v) is 4.55. The number of aromatic nitrogens is 1. The van der Waals surface area contributed by atoms with Crippen molar-refractivity contribution in [2.45, 2.75) is 13.3 Å². The lowest BCUT2D eigenvalue weighted by molar-refractivity contribution is 0.0602. The number of hydrogen-bond donors (Lipinski definition) is 1. The van der Waals surface area contributed by atoms with Gasteiger partial charge in [0.05, 0.1) is 12.7 Å². The average Bonchev–Trinajstić information content (AvgIpc) is 3.21. The number of hydrogen-bond acceptors (Lipinski definition) is 6. The highest BCUT2D eigenvalue weighted by Gasteiger charge is 2.20. The summed E-state index contributed by atoms with van der Waals surface area (Å²) in [5, 5.41) is 6.83. The highest BCUT2D eigenvalue weighted by molar-refractivity contribution is 7.16. The summed E-state index contributed by atoms with van der Waals surface area (Å²) in [5.41, 5.74) is 1.60. The summed E-state index contributed by atoms with van der Waals surface area (Å²) in [6, 6.07) is 13.2. The quantitative estimate of drug-likeness (QED) is 0.705. The number of nitrogens with one attached hydrogen (secondary N) is 1. The van der Waals surface area contributed by atoms with E-state index in [1.807, 2.05) is 30.3 Å². The summed E-state index contributed by atoms with van der Waals surface area (Å²) >= 11 is 1.34. The summed E-state index contributed by atoms with van der Waals surface area (Å²) in [6.07, 6.45) is 0.661. The lowest BCUT2D eigenvalue weighted by atomic mass is 10.1. The fourth-order valence-electron chi connectivity index (χ4n) is 2.32. The fraction of sp³-hybridized carbons (Fsp3) is 0.167. The molecule has 0 saturated carbocycles. The van der Waals surface area contributed by atoms with Crippen LogP contribution in [-0.2, 0) is 11.2 Å². The van der Waals surface area contributed by atoms with E-state index in [0.29, 0.717) is 22.7 Å². The van der Waals surface area contributed by atoms with E-state index in [2.05, 4.69) is 10.5 Å². The number of benzene rings is 1. The van der Waals surface area contributed by atoms with Crippen LogP contribution in [0.1, 0.15) is 37.0 Å². The first-order valence-corrected chi connectivity index (χ1v) is 8.38. The molecule has 7 heteroatoms. The number of esters is 1. The van der Waals surface area contributed by atoms with Gasteiger partial charge in [0.2, 0.25) is 0 Å². The Morgan fingerprint density at radius 1 is 1.24 bits per heavy atom. The Hall–Kier alpha value is -2.93. The van der Waals surface area contributed by atoms with Crippen LogP contribution in [0, 0.1) is 6.92 Å². The molecule has 0 saturated heterocycles. The van der Waals surface area contributed by atoms with Crippen molar-refractivity contribution in [1.29, 1.82) is 0 Å². The molecule has 3 aromatic rings. The zero-order valence-corrected chi connectivity index (χ0v) is 14.6. The second-order valence-corrected chi connectivity index (χ2v) is 6.52. The van der Waals surface area contributed by atoms with Gasteiger partial charge in [-0.25, -0.2) is 4.79 Å². The van der Waals surface area contributed by atoms with E-state index in [1.54, 1.807) is 13.0 Å². The van der Waals surface area contributed by atoms with Gasteiger partial charge >= 0.3 is 5.97 Å². The van der Waals surface area contributed by atoms with Crippen LogP contribution in [0.15, 0.2) is 47.0 Å². The average molecular weight is 356 g/mol. The highest BCUT2D eigenvalue weighted by Crippen LogP contribution is 2.31. The molecule has 0 aliphatic heterocycles. The Balaban J connectivity index is 1.86. The van der Waals surface area contributed by atoms with Crippen LogP contribution in [-0.4, -0.2) is 24.1 Å². The first kappa shape index (κ1) is 16.9. The van der Waals surface area contributed by atoms with E-state index >= 15 is 0 Å². The summed E-state index contributed by atoms with van der Waals surface area (Å²) in [6.45, 7) is 1.70. The molecule has 0 aliphatic carbocycles. The number of nitrogens with zero attached hydrogens (tertiary/aromatic N) is 1. The molecule has 0 radical (unpaired) electrons. The monoisotopic (exact) mass is 356 g/mol. The minimum Gasteiger partial charge on any atom is -0.465 e. The van der Waals surface area contributed by atoms with Gasteiger partial charge in [-0.2, -0.15) is 0 Å². The zero-order chi connectivity index (χ0) is 17.8. The Bertz CT molecular complexity index is 899. The third-order valence-electron chi connectivity index (χ3n) is 3.50. The molecule has 2 aromatic heterocycles. The maximum absolute atomic E-state index is 12.3. The molecule has 6 nitrogen and oxygen atoms in total. The standard InChI is InChI=1S/C18H16N2O4S/c1-11-8-15(20-24-11)16(21)19-17-14(18(22)23-2)10-13(25-17)9-12-6-4-3-5-7-12/h3-8,10H,9H2,1-2H3,(H,19,21). The number of carbonyl (C=O) groups excluding carboxylic acids is 2. The lowest BCUT2D eigenvalue weighted by Crippen LogP contribution is -2.14. The van der Waals surface area contributed by atoms with Crippen molar-refractivity contribution in [2.75, 3.05) is 12.4 Å². The fourth-order valence-corrected chi connectivity index (χ4v) is 3.39. The topological polar surface area (TPSA) is 81.4 Å². The maximum atomic E-state index is 12.3. The molecule has 3 rings (SSSR count). The Morgan fingerprint density at radius 3 is 2.64 bits per heavy atom. The Kier molecular flexibility index (Phi) is 4.95. The first-order valence-electron chi connectivity index (χ1n) is 7.56. The molecule has 128 valence electrons. The summed E-state index contributed by atoms with van der Waals surface area (Å²) < 4.78 is 9.72. The van der Waals surface area contributed by atoms with E-state index in [0.717, 1.165) is 10.4 Å². The van der Waals surface area contributed by atoms with E-state index in [4.69, 9.17) is 9.26 Å². The van der Waals surface area contributed by atoms with Gasteiger partial charge in [-0.3, -0.25) is 4.79 Å². The zero-order valence-electron chi connectivity index (χ0n) is 13.7. The van der Waals surface area contributed by atoms with E-state index in [9.17, 15) is 9.59 Å². The van der Waals surface area contributed by atoms with Crippen LogP contribution in [0.2, 0.25) is 0 Å². The lowest BCUT2D eigenvalue weighted by Gasteiger charge is -2.02. The molecule has 0 spiro atoms. The minimum absolute atomic E-state index is 0.159. The highest BCUT2D eigenvalue weighted by atomic mass is 32.1. The van der Waals surface area contributed by atoms with Crippen molar-refractivity contribution in [1.82, 2.24) is 5.16 Å². The van der Waals surface area contributed by atoms with Crippen molar-refractivity contribution in [2.24, 2.45) is 0 Å². The van der Waals surface area contributed by atoms with Crippen molar-refractivity contribution in [3.8, 4) is 0 Å². The van der Waals surface area contributed by atoms with E-state index in [-0.39, 0.29) is 5.69 Å². The van der Waals surface area contributed by atoms with Gasteiger partial charge in [0, 0.05) is 17.4 Å². The van der Waals surface area contributed by atoms with Gasteiger partial charge in [-0.1, -0.05) is 35.5 Å². The second kappa shape index (κ2) is 7.31. The van der Waals surface area contributed by atoms with Crippen LogP contribution in [0.5, 0.6) is 0 Å². The largest absolute Gasteiger partial charge is 0.465 e. The van der Waals surface area contributed by atoms with Crippen LogP contribution >= 0.6 is 11.3 Å². The molecule has 1 N–H and O–H groups in total. The van der Waals surface area contributed by atoms with Crippen molar-refractivity contribution < 1.29 is 18.8 Å².